The minimum absolute atomic E-state index is 0.682. The zero-order valence-corrected chi connectivity index (χ0v) is 9.93. The predicted molar refractivity (Wildman–Crippen MR) is 64.5 cm³/mol. The van der Waals surface area contributed by atoms with Crippen LogP contribution in [0, 0.1) is 13.8 Å². The van der Waals surface area contributed by atoms with E-state index in [1.807, 2.05) is 0 Å². The van der Waals surface area contributed by atoms with Crippen molar-refractivity contribution in [1.29, 1.82) is 0 Å². The van der Waals surface area contributed by atoms with Gasteiger partial charge >= 0.3 is 0 Å². The van der Waals surface area contributed by atoms with E-state index < -0.39 is 0 Å². The Labute approximate surface area is 91.7 Å². The summed E-state index contributed by atoms with van der Waals surface area (Å²) in [6, 6.07) is 6.42. The van der Waals surface area contributed by atoms with Gasteiger partial charge < -0.3 is 4.90 Å². The van der Waals surface area contributed by atoms with E-state index in [2.05, 4.69) is 43.9 Å². The van der Waals surface area contributed by atoms with E-state index >= 15 is 0 Å². The van der Waals surface area contributed by atoms with Crippen molar-refractivity contribution in [3.8, 4) is 0 Å². The number of rotatable bonds is 4. The number of hydrogen-bond donors (Lipinski definition) is 0. The quantitative estimate of drug-likeness (QED) is 0.691. The fourth-order valence-electron chi connectivity index (χ4n) is 1.63. The molecule has 0 fully saturated rings. The van der Waals surface area contributed by atoms with Crippen molar-refractivity contribution in [1.82, 2.24) is 0 Å². The van der Waals surface area contributed by atoms with Gasteiger partial charge in [0.2, 0.25) is 0 Å². The maximum absolute atomic E-state index is 5.78. The Hall–Kier alpha value is -0.690. The number of benzene rings is 1. The Morgan fingerprint density at radius 2 is 2.00 bits per heavy atom. The van der Waals surface area contributed by atoms with Crippen LogP contribution in [0.3, 0.4) is 0 Å². The first-order valence-corrected chi connectivity index (χ1v) is 5.61. The van der Waals surface area contributed by atoms with Crippen LogP contribution in [0.2, 0.25) is 0 Å². The lowest BCUT2D eigenvalue weighted by atomic mass is 10.1. The van der Waals surface area contributed by atoms with Gasteiger partial charge in [-0.1, -0.05) is 12.1 Å². The third-order valence-corrected chi connectivity index (χ3v) is 2.82. The zero-order valence-electron chi connectivity index (χ0n) is 9.18. The molecule has 0 aliphatic rings. The first-order chi connectivity index (χ1) is 6.70. The Balaban J connectivity index is 2.97. The van der Waals surface area contributed by atoms with Crippen LogP contribution in [0.5, 0.6) is 0 Å². The highest BCUT2D eigenvalue weighted by Crippen LogP contribution is 2.22. The smallest absolute Gasteiger partial charge is 0.0399 e. The average Bonchev–Trinajstić information content (AvgIpc) is 2.19. The summed E-state index contributed by atoms with van der Waals surface area (Å²) < 4.78 is 0. The second-order valence-electron chi connectivity index (χ2n) is 3.49. The molecule has 78 valence electrons. The van der Waals surface area contributed by atoms with E-state index in [-0.39, 0.29) is 0 Å². The predicted octanol–water partition coefficient (Wildman–Crippen LogP) is 3.37. The van der Waals surface area contributed by atoms with Gasteiger partial charge in [-0.25, -0.2) is 0 Å². The molecule has 0 N–H and O–H groups in total. The fraction of sp³-hybridized carbons (Fsp3) is 0.500. The van der Waals surface area contributed by atoms with Gasteiger partial charge in [0, 0.05) is 24.7 Å². The number of halogens is 1. The fourth-order valence-corrected chi connectivity index (χ4v) is 1.83. The van der Waals surface area contributed by atoms with Crippen molar-refractivity contribution in [2.45, 2.75) is 20.8 Å². The largest absolute Gasteiger partial charge is 0.370 e. The third-order valence-electron chi connectivity index (χ3n) is 2.65. The van der Waals surface area contributed by atoms with Crippen LogP contribution in [-0.4, -0.2) is 19.0 Å². The standard InChI is InChI=1S/C12H18ClN/c1-4-14(9-8-13)12-7-5-6-10(2)11(12)3/h5-7H,4,8-9H2,1-3H3. The lowest BCUT2D eigenvalue weighted by molar-refractivity contribution is 0.864. The number of nitrogens with zero attached hydrogens (tertiary/aromatic N) is 1. The first kappa shape index (κ1) is 11.4. The molecule has 2 heteroatoms. The molecule has 0 aliphatic heterocycles. The van der Waals surface area contributed by atoms with Crippen LogP contribution < -0.4 is 4.90 Å². The molecular weight excluding hydrogens is 194 g/mol. The summed E-state index contributed by atoms with van der Waals surface area (Å²) in [6.07, 6.45) is 0. The van der Waals surface area contributed by atoms with Gasteiger partial charge in [-0.05, 0) is 38.0 Å². The van der Waals surface area contributed by atoms with Gasteiger partial charge in [-0.2, -0.15) is 0 Å². The topological polar surface area (TPSA) is 3.24 Å². The minimum atomic E-state index is 0.682. The molecule has 0 saturated heterocycles. The summed E-state index contributed by atoms with van der Waals surface area (Å²) in [4.78, 5) is 2.31. The van der Waals surface area contributed by atoms with Crippen molar-refractivity contribution in [2.24, 2.45) is 0 Å². The summed E-state index contributed by atoms with van der Waals surface area (Å²) in [5.74, 6) is 0.682. The Kier molecular flexibility index (Phi) is 4.27. The number of hydrogen-bond acceptors (Lipinski definition) is 1. The molecule has 0 amide bonds. The lowest BCUT2D eigenvalue weighted by Crippen LogP contribution is -2.25. The molecule has 14 heavy (non-hydrogen) atoms. The first-order valence-electron chi connectivity index (χ1n) is 5.07. The summed E-state index contributed by atoms with van der Waals surface area (Å²) in [5, 5.41) is 0. The van der Waals surface area contributed by atoms with E-state index in [9.17, 15) is 0 Å². The van der Waals surface area contributed by atoms with Crippen LogP contribution in [0.15, 0.2) is 18.2 Å². The molecule has 1 aromatic carbocycles. The maximum Gasteiger partial charge on any atom is 0.0399 e. The molecule has 1 rings (SSSR count). The normalized spacial score (nSPS) is 10.3. The molecule has 0 aromatic heterocycles. The highest BCUT2D eigenvalue weighted by atomic mass is 35.5. The molecule has 0 aliphatic carbocycles. The Morgan fingerprint density at radius 1 is 1.29 bits per heavy atom. The molecule has 0 spiro atoms. The van der Waals surface area contributed by atoms with Crippen molar-refractivity contribution < 1.29 is 0 Å². The monoisotopic (exact) mass is 211 g/mol. The van der Waals surface area contributed by atoms with Crippen LogP contribution in [0.4, 0.5) is 5.69 Å². The molecule has 0 heterocycles. The highest BCUT2D eigenvalue weighted by Gasteiger charge is 2.07. The number of alkyl halides is 1. The van der Waals surface area contributed by atoms with Crippen LogP contribution in [0.25, 0.3) is 0 Å². The molecule has 0 radical (unpaired) electrons. The SMILES string of the molecule is CCN(CCCl)c1cccc(C)c1C. The third kappa shape index (κ3) is 2.42. The molecule has 1 aromatic rings. The molecule has 0 atom stereocenters. The minimum Gasteiger partial charge on any atom is -0.370 e. The molecule has 0 saturated carbocycles. The maximum atomic E-state index is 5.78. The summed E-state index contributed by atoms with van der Waals surface area (Å²) in [6.45, 7) is 8.41. The summed E-state index contributed by atoms with van der Waals surface area (Å²) >= 11 is 5.78. The van der Waals surface area contributed by atoms with E-state index in [1.54, 1.807) is 0 Å². The van der Waals surface area contributed by atoms with E-state index in [0.717, 1.165) is 13.1 Å². The van der Waals surface area contributed by atoms with Crippen molar-refractivity contribution in [2.75, 3.05) is 23.9 Å². The second-order valence-corrected chi connectivity index (χ2v) is 3.87. The van der Waals surface area contributed by atoms with Gasteiger partial charge in [0.15, 0.2) is 0 Å². The summed E-state index contributed by atoms with van der Waals surface area (Å²) in [5.41, 5.74) is 4.02. The van der Waals surface area contributed by atoms with Gasteiger partial charge in [0.05, 0.1) is 0 Å². The summed E-state index contributed by atoms with van der Waals surface area (Å²) in [7, 11) is 0. The zero-order chi connectivity index (χ0) is 10.6. The Morgan fingerprint density at radius 3 is 2.57 bits per heavy atom. The van der Waals surface area contributed by atoms with E-state index in [1.165, 1.54) is 16.8 Å². The van der Waals surface area contributed by atoms with Crippen molar-refractivity contribution in [3.05, 3.63) is 29.3 Å². The molecule has 0 bridgehead atoms. The molecular formula is C12H18ClN. The van der Waals surface area contributed by atoms with Gasteiger partial charge in [0.1, 0.15) is 0 Å². The highest BCUT2D eigenvalue weighted by molar-refractivity contribution is 6.18. The Bertz CT molecular complexity index is 296. The molecule has 1 nitrogen and oxygen atoms in total. The van der Waals surface area contributed by atoms with Crippen molar-refractivity contribution in [3.63, 3.8) is 0 Å². The number of anilines is 1. The second kappa shape index (κ2) is 5.26. The van der Waals surface area contributed by atoms with Gasteiger partial charge in [-0.3, -0.25) is 0 Å². The van der Waals surface area contributed by atoms with Crippen LogP contribution >= 0.6 is 11.6 Å². The number of aryl methyl sites for hydroxylation is 1. The lowest BCUT2D eigenvalue weighted by Gasteiger charge is -2.24. The van der Waals surface area contributed by atoms with E-state index in [4.69, 9.17) is 11.6 Å². The average molecular weight is 212 g/mol. The van der Waals surface area contributed by atoms with Crippen LogP contribution in [0.1, 0.15) is 18.1 Å². The van der Waals surface area contributed by atoms with Gasteiger partial charge in [0.25, 0.3) is 0 Å². The van der Waals surface area contributed by atoms with E-state index in [0.29, 0.717) is 5.88 Å². The molecule has 0 unspecified atom stereocenters. The van der Waals surface area contributed by atoms with Crippen molar-refractivity contribution >= 4 is 17.3 Å². The van der Waals surface area contributed by atoms with Crippen LogP contribution in [-0.2, 0) is 0 Å². The van der Waals surface area contributed by atoms with Gasteiger partial charge in [-0.15, -0.1) is 11.6 Å².